The number of hydrogen-bond acceptors (Lipinski definition) is 3. The highest BCUT2D eigenvalue weighted by atomic mass is 127. The molecule has 0 spiro atoms. The molecule has 1 aliphatic heterocycles. The summed E-state index contributed by atoms with van der Waals surface area (Å²) in [6, 6.07) is 2.69. The second-order valence-electron chi connectivity index (χ2n) is 6.27. The lowest BCUT2D eigenvalue weighted by molar-refractivity contribution is 0.197. The number of nitrogens with zero attached hydrogens (tertiary/aromatic N) is 2. The second-order valence-corrected chi connectivity index (χ2v) is 7.27. The van der Waals surface area contributed by atoms with Crippen molar-refractivity contribution in [3.05, 3.63) is 21.9 Å². The third-order valence-corrected chi connectivity index (χ3v) is 5.04. The Morgan fingerprint density at radius 1 is 1.45 bits per heavy atom. The van der Waals surface area contributed by atoms with E-state index in [1.807, 2.05) is 11.3 Å². The summed E-state index contributed by atoms with van der Waals surface area (Å²) >= 11 is 1.88. The van der Waals surface area contributed by atoms with Gasteiger partial charge in [-0.15, -0.1) is 35.3 Å². The number of nitrogens with two attached hydrogens (primary N) is 1. The van der Waals surface area contributed by atoms with Gasteiger partial charge in [-0.3, -0.25) is 9.89 Å². The van der Waals surface area contributed by atoms with Gasteiger partial charge in [-0.25, -0.2) is 0 Å². The van der Waals surface area contributed by atoms with Gasteiger partial charge in [0.25, 0.3) is 0 Å². The van der Waals surface area contributed by atoms with E-state index in [1.54, 1.807) is 4.88 Å². The molecule has 0 amide bonds. The quantitative estimate of drug-likeness (QED) is 0.410. The average Bonchev–Trinajstić information content (AvgIpc) is 2.91. The predicted octanol–water partition coefficient (Wildman–Crippen LogP) is 3.06. The maximum absolute atomic E-state index is 5.92. The molecule has 1 unspecified atom stereocenters. The molecule has 6 heteroatoms. The molecule has 2 rings (SSSR count). The van der Waals surface area contributed by atoms with Gasteiger partial charge in [0, 0.05) is 30.6 Å². The Balaban J connectivity index is 0.00000242. The van der Waals surface area contributed by atoms with Gasteiger partial charge in [0.05, 0.1) is 6.54 Å². The summed E-state index contributed by atoms with van der Waals surface area (Å²) < 4.78 is 0. The van der Waals surface area contributed by atoms with Crippen LogP contribution in [-0.4, -0.2) is 36.5 Å². The third-order valence-electron chi connectivity index (χ3n) is 4.01. The van der Waals surface area contributed by atoms with Gasteiger partial charge in [0.2, 0.25) is 0 Å². The van der Waals surface area contributed by atoms with Crippen LogP contribution in [0.5, 0.6) is 0 Å². The molecule has 126 valence electrons. The number of hydrogen-bond donors (Lipinski definition) is 2. The number of guanidine groups is 1. The van der Waals surface area contributed by atoms with Crippen molar-refractivity contribution >= 4 is 41.3 Å². The van der Waals surface area contributed by atoms with Crippen LogP contribution < -0.4 is 11.1 Å². The second kappa shape index (κ2) is 9.72. The van der Waals surface area contributed by atoms with Crippen molar-refractivity contribution in [1.29, 1.82) is 0 Å². The SMILES string of the molecule is CC(C)CCNC(N)=NCC(C)N1CCc2sccc2C1.I. The van der Waals surface area contributed by atoms with E-state index in [1.165, 1.54) is 12.0 Å². The van der Waals surface area contributed by atoms with Crippen LogP contribution in [-0.2, 0) is 13.0 Å². The zero-order valence-electron chi connectivity index (χ0n) is 13.8. The Labute approximate surface area is 155 Å². The largest absolute Gasteiger partial charge is 0.370 e. The van der Waals surface area contributed by atoms with Crippen molar-refractivity contribution in [1.82, 2.24) is 10.2 Å². The Morgan fingerprint density at radius 2 is 2.23 bits per heavy atom. The van der Waals surface area contributed by atoms with Crippen LogP contribution in [0.4, 0.5) is 0 Å². The van der Waals surface area contributed by atoms with Gasteiger partial charge in [0.1, 0.15) is 0 Å². The first kappa shape index (κ1) is 19.7. The summed E-state index contributed by atoms with van der Waals surface area (Å²) in [5.74, 6) is 1.27. The first-order valence-corrected chi connectivity index (χ1v) is 8.77. The molecule has 22 heavy (non-hydrogen) atoms. The van der Waals surface area contributed by atoms with Gasteiger partial charge in [0.15, 0.2) is 5.96 Å². The molecule has 0 fully saturated rings. The highest BCUT2D eigenvalue weighted by Crippen LogP contribution is 2.25. The van der Waals surface area contributed by atoms with Crippen molar-refractivity contribution in [3.63, 3.8) is 0 Å². The zero-order valence-corrected chi connectivity index (χ0v) is 17.0. The minimum atomic E-state index is 0. The van der Waals surface area contributed by atoms with E-state index < -0.39 is 0 Å². The van der Waals surface area contributed by atoms with E-state index in [0.717, 1.165) is 32.6 Å². The summed E-state index contributed by atoms with van der Waals surface area (Å²) in [6.45, 7) is 10.5. The zero-order chi connectivity index (χ0) is 15.2. The van der Waals surface area contributed by atoms with Gasteiger partial charge in [-0.05, 0) is 42.7 Å². The number of nitrogens with one attached hydrogen (secondary N) is 1. The standard InChI is InChI=1S/C16H28N4S.HI/c1-12(2)4-7-18-16(17)19-10-13(3)20-8-5-15-14(11-20)6-9-21-15;/h6,9,12-13H,4-5,7-8,10-11H2,1-3H3,(H3,17,18,19);1H. The molecule has 1 atom stereocenters. The number of rotatable bonds is 6. The normalized spacial score (nSPS) is 17.0. The summed E-state index contributed by atoms with van der Waals surface area (Å²) in [6.07, 6.45) is 2.29. The van der Waals surface area contributed by atoms with Crippen LogP contribution in [0.1, 0.15) is 37.6 Å². The molecule has 1 aromatic heterocycles. The van der Waals surface area contributed by atoms with E-state index in [-0.39, 0.29) is 24.0 Å². The van der Waals surface area contributed by atoms with E-state index in [9.17, 15) is 0 Å². The maximum Gasteiger partial charge on any atom is 0.188 e. The van der Waals surface area contributed by atoms with Crippen molar-refractivity contribution in [2.24, 2.45) is 16.6 Å². The summed E-state index contributed by atoms with van der Waals surface area (Å²) in [4.78, 5) is 8.54. The molecular formula is C16H29IN4S. The summed E-state index contributed by atoms with van der Waals surface area (Å²) in [5, 5.41) is 5.40. The average molecular weight is 436 g/mol. The fourth-order valence-electron chi connectivity index (χ4n) is 2.54. The number of thiophene rings is 1. The monoisotopic (exact) mass is 436 g/mol. The minimum Gasteiger partial charge on any atom is -0.370 e. The van der Waals surface area contributed by atoms with Crippen LogP contribution in [0.25, 0.3) is 0 Å². The topological polar surface area (TPSA) is 53.6 Å². The van der Waals surface area contributed by atoms with Crippen molar-refractivity contribution in [2.75, 3.05) is 19.6 Å². The fourth-order valence-corrected chi connectivity index (χ4v) is 3.43. The smallest absolute Gasteiger partial charge is 0.188 e. The lowest BCUT2D eigenvalue weighted by atomic mass is 10.1. The molecular weight excluding hydrogens is 407 g/mol. The molecule has 3 N–H and O–H groups in total. The summed E-state index contributed by atoms with van der Waals surface area (Å²) in [5.41, 5.74) is 7.41. The minimum absolute atomic E-state index is 0. The lowest BCUT2D eigenvalue weighted by Crippen LogP contribution is -2.40. The van der Waals surface area contributed by atoms with E-state index >= 15 is 0 Å². The van der Waals surface area contributed by atoms with Gasteiger partial charge in [-0.1, -0.05) is 13.8 Å². The number of fused-ring (bicyclic) bond motifs is 1. The molecule has 2 heterocycles. The van der Waals surface area contributed by atoms with E-state index in [2.05, 4.69) is 47.4 Å². The number of halogens is 1. The molecule has 0 bridgehead atoms. The summed E-state index contributed by atoms with van der Waals surface area (Å²) in [7, 11) is 0. The van der Waals surface area contributed by atoms with Gasteiger partial charge in [-0.2, -0.15) is 0 Å². The highest BCUT2D eigenvalue weighted by molar-refractivity contribution is 14.0. The van der Waals surface area contributed by atoms with Gasteiger partial charge < -0.3 is 11.1 Å². The molecule has 0 saturated carbocycles. The molecule has 0 radical (unpaired) electrons. The predicted molar refractivity (Wildman–Crippen MR) is 107 cm³/mol. The molecule has 0 aromatic carbocycles. The third kappa shape index (κ3) is 6.04. The Morgan fingerprint density at radius 3 is 2.95 bits per heavy atom. The lowest BCUT2D eigenvalue weighted by Gasteiger charge is -2.31. The Kier molecular flexibility index (Phi) is 8.71. The highest BCUT2D eigenvalue weighted by Gasteiger charge is 2.21. The molecule has 1 aromatic rings. The van der Waals surface area contributed by atoms with Crippen LogP contribution in [0, 0.1) is 5.92 Å². The number of aliphatic imine (C=N–C) groups is 1. The maximum atomic E-state index is 5.92. The van der Waals surface area contributed by atoms with E-state index in [0.29, 0.717) is 17.9 Å². The fraction of sp³-hybridized carbons (Fsp3) is 0.688. The van der Waals surface area contributed by atoms with Crippen molar-refractivity contribution < 1.29 is 0 Å². The molecule has 4 nitrogen and oxygen atoms in total. The molecule has 1 aliphatic rings. The van der Waals surface area contributed by atoms with Gasteiger partial charge >= 0.3 is 0 Å². The van der Waals surface area contributed by atoms with Crippen molar-refractivity contribution in [2.45, 2.75) is 46.2 Å². The molecule has 0 saturated heterocycles. The van der Waals surface area contributed by atoms with Crippen LogP contribution in [0.15, 0.2) is 16.4 Å². The Hall–Kier alpha value is -0.340. The van der Waals surface area contributed by atoms with Crippen LogP contribution >= 0.6 is 35.3 Å². The molecule has 0 aliphatic carbocycles. The van der Waals surface area contributed by atoms with Crippen LogP contribution in [0.2, 0.25) is 0 Å². The van der Waals surface area contributed by atoms with Crippen LogP contribution in [0.3, 0.4) is 0 Å². The first-order valence-electron chi connectivity index (χ1n) is 7.89. The van der Waals surface area contributed by atoms with E-state index in [4.69, 9.17) is 5.73 Å². The Bertz CT molecular complexity index is 472. The van der Waals surface area contributed by atoms with Crippen molar-refractivity contribution in [3.8, 4) is 0 Å². The first-order chi connectivity index (χ1) is 10.1.